The SMILES string of the molecule is CCCOCCOC(C)OC(=O)c1ccc([N+](=O)[O-])cc1. The van der Waals surface area contributed by atoms with E-state index >= 15 is 0 Å². The molecule has 0 bridgehead atoms. The van der Waals surface area contributed by atoms with Crippen LogP contribution in [0, 0.1) is 10.1 Å². The quantitative estimate of drug-likeness (QED) is 0.229. The van der Waals surface area contributed by atoms with Crippen molar-refractivity contribution in [2.24, 2.45) is 0 Å². The highest BCUT2D eigenvalue weighted by atomic mass is 16.7. The predicted octanol–water partition coefficient (Wildman–Crippen LogP) is 2.54. The summed E-state index contributed by atoms with van der Waals surface area (Å²) in [6, 6.07) is 5.19. The molecule has 0 radical (unpaired) electrons. The first-order valence-corrected chi connectivity index (χ1v) is 6.69. The molecule has 0 saturated heterocycles. The van der Waals surface area contributed by atoms with E-state index in [0.29, 0.717) is 19.8 Å². The van der Waals surface area contributed by atoms with Crippen molar-refractivity contribution >= 4 is 11.7 Å². The highest BCUT2D eigenvalue weighted by Gasteiger charge is 2.13. The summed E-state index contributed by atoms with van der Waals surface area (Å²) in [6.45, 7) is 5.04. The molecular weight excluding hydrogens is 278 g/mol. The molecule has 1 aromatic rings. The third kappa shape index (κ3) is 6.33. The Kier molecular flexibility index (Phi) is 7.34. The molecule has 0 amide bonds. The van der Waals surface area contributed by atoms with Crippen LogP contribution in [0.25, 0.3) is 0 Å². The van der Waals surface area contributed by atoms with Gasteiger partial charge in [-0.05, 0) is 25.5 Å². The number of ether oxygens (including phenoxy) is 3. The Morgan fingerprint density at radius 1 is 1.24 bits per heavy atom. The van der Waals surface area contributed by atoms with E-state index in [2.05, 4.69) is 0 Å². The molecule has 1 unspecified atom stereocenters. The lowest BCUT2D eigenvalue weighted by Crippen LogP contribution is -2.20. The van der Waals surface area contributed by atoms with Gasteiger partial charge in [-0.1, -0.05) is 6.92 Å². The summed E-state index contributed by atoms with van der Waals surface area (Å²) in [6.07, 6.45) is 0.225. The average Bonchev–Trinajstić information content (AvgIpc) is 2.47. The van der Waals surface area contributed by atoms with Crippen LogP contribution < -0.4 is 0 Å². The van der Waals surface area contributed by atoms with Gasteiger partial charge in [0.25, 0.3) is 5.69 Å². The monoisotopic (exact) mass is 297 g/mol. The zero-order chi connectivity index (χ0) is 15.7. The predicted molar refractivity (Wildman–Crippen MR) is 75.0 cm³/mol. The number of nitro benzene ring substituents is 1. The zero-order valence-electron chi connectivity index (χ0n) is 12.1. The van der Waals surface area contributed by atoms with Gasteiger partial charge in [0.05, 0.1) is 23.7 Å². The number of carbonyl (C=O) groups excluding carboxylic acids is 1. The molecule has 0 N–H and O–H groups in total. The summed E-state index contributed by atoms with van der Waals surface area (Å²) in [5, 5.41) is 10.5. The van der Waals surface area contributed by atoms with Crippen molar-refractivity contribution in [3.05, 3.63) is 39.9 Å². The second-order valence-electron chi connectivity index (χ2n) is 4.26. The minimum atomic E-state index is -0.710. The van der Waals surface area contributed by atoms with Crippen LogP contribution in [-0.2, 0) is 14.2 Å². The molecule has 0 fully saturated rings. The number of nitrogens with zero attached hydrogens (tertiary/aromatic N) is 1. The van der Waals surface area contributed by atoms with E-state index in [9.17, 15) is 14.9 Å². The van der Waals surface area contributed by atoms with Gasteiger partial charge in [0.15, 0.2) is 0 Å². The molecule has 0 aliphatic rings. The van der Waals surface area contributed by atoms with Gasteiger partial charge in [-0.15, -0.1) is 0 Å². The fraction of sp³-hybridized carbons (Fsp3) is 0.500. The van der Waals surface area contributed by atoms with Gasteiger partial charge < -0.3 is 14.2 Å². The van der Waals surface area contributed by atoms with Gasteiger partial charge in [-0.25, -0.2) is 4.79 Å². The van der Waals surface area contributed by atoms with Crippen LogP contribution in [0.3, 0.4) is 0 Å². The maximum absolute atomic E-state index is 11.8. The maximum atomic E-state index is 11.8. The zero-order valence-corrected chi connectivity index (χ0v) is 12.1. The Morgan fingerprint density at radius 3 is 2.48 bits per heavy atom. The van der Waals surface area contributed by atoms with Crippen molar-refractivity contribution in [1.82, 2.24) is 0 Å². The lowest BCUT2D eigenvalue weighted by molar-refractivity contribution is -0.384. The van der Waals surface area contributed by atoms with Crippen molar-refractivity contribution in [2.45, 2.75) is 26.6 Å². The second kappa shape index (κ2) is 9.04. The van der Waals surface area contributed by atoms with Crippen LogP contribution in [0.1, 0.15) is 30.6 Å². The smallest absolute Gasteiger partial charge is 0.340 e. The molecule has 0 aromatic heterocycles. The standard InChI is InChI=1S/C14H19NO6/c1-3-8-19-9-10-20-11(2)21-14(16)12-4-6-13(7-5-12)15(17)18/h4-7,11H,3,8-10H2,1-2H3. The summed E-state index contributed by atoms with van der Waals surface area (Å²) >= 11 is 0. The van der Waals surface area contributed by atoms with Crippen LogP contribution in [0.5, 0.6) is 0 Å². The molecule has 0 spiro atoms. The van der Waals surface area contributed by atoms with E-state index in [1.165, 1.54) is 24.3 Å². The minimum Gasteiger partial charge on any atom is -0.432 e. The molecule has 21 heavy (non-hydrogen) atoms. The summed E-state index contributed by atoms with van der Waals surface area (Å²) < 4.78 is 15.6. The maximum Gasteiger partial charge on any atom is 0.340 e. The summed E-state index contributed by atoms with van der Waals surface area (Å²) in [5.41, 5.74) is 0.155. The third-order valence-electron chi connectivity index (χ3n) is 2.52. The number of esters is 1. The summed E-state index contributed by atoms with van der Waals surface area (Å²) in [7, 11) is 0. The normalized spacial score (nSPS) is 11.9. The molecule has 1 atom stereocenters. The van der Waals surface area contributed by atoms with Gasteiger partial charge in [0.1, 0.15) is 0 Å². The summed E-state index contributed by atoms with van der Waals surface area (Å²) in [4.78, 5) is 21.7. The molecule has 0 aliphatic heterocycles. The largest absolute Gasteiger partial charge is 0.432 e. The third-order valence-corrected chi connectivity index (χ3v) is 2.52. The van der Waals surface area contributed by atoms with Crippen molar-refractivity contribution < 1.29 is 23.9 Å². The Bertz CT molecular complexity index is 459. The molecule has 7 nitrogen and oxygen atoms in total. The summed E-state index contributed by atoms with van der Waals surface area (Å²) in [5.74, 6) is -0.591. The topological polar surface area (TPSA) is 87.9 Å². The highest BCUT2D eigenvalue weighted by molar-refractivity contribution is 5.89. The highest BCUT2D eigenvalue weighted by Crippen LogP contribution is 2.13. The Morgan fingerprint density at radius 2 is 1.90 bits per heavy atom. The van der Waals surface area contributed by atoms with Gasteiger partial charge in [-0.3, -0.25) is 10.1 Å². The molecule has 1 aromatic carbocycles. The van der Waals surface area contributed by atoms with E-state index in [-0.39, 0.29) is 11.3 Å². The van der Waals surface area contributed by atoms with Crippen molar-refractivity contribution in [2.75, 3.05) is 19.8 Å². The van der Waals surface area contributed by atoms with Crippen molar-refractivity contribution in [3.63, 3.8) is 0 Å². The second-order valence-corrected chi connectivity index (χ2v) is 4.26. The van der Waals surface area contributed by atoms with Gasteiger partial charge >= 0.3 is 5.97 Å². The first-order valence-electron chi connectivity index (χ1n) is 6.69. The fourth-order valence-corrected chi connectivity index (χ4v) is 1.49. The van der Waals surface area contributed by atoms with Crippen LogP contribution in [0.4, 0.5) is 5.69 Å². The van der Waals surface area contributed by atoms with Gasteiger partial charge in [0.2, 0.25) is 6.29 Å². The van der Waals surface area contributed by atoms with Crippen molar-refractivity contribution in [3.8, 4) is 0 Å². The van der Waals surface area contributed by atoms with Crippen molar-refractivity contribution in [1.29, 1.82) is 0 Å². The first kappa shape index (κ1) is 17.1. The molecule has 0 heterocycles. The average molecular weight is 297 g/mol. The minimum absolute atomic E-state index is 0.0797. The number of hydrogen-bond acceptors (Lipinski definition) is 6. The van der Waals surface area contributed by atoms with E-state index in [4.69, 9.17) is 14.2 Å². The van der Waals surface area contributed by atoms with E-state index in [1.54, 1.807) is 6.92 Å². The molecule has 116 valence electrons. The molecule has 0 aliphatic carbocycles. The molecule has 1 rings (SSSR count). The number of nitro groups is 1. The van der Waals surface area contributed by atoms with Crippen LogP contribution >= 0.6 is 0 Å². The van der Waals surface area contributed by atoms with Gasteiger partial charge in [-0.2, -0.15) is 0 Å². The lowest BCUT2D eigenvalue weighted by atomic mass is 10.2. The molecule has 7 heteroatoms. The lowest BCUT2D eigenvalue weighted by Gasteiger charge is -2.14. The number of carbonyl (C=O) groups is 1. The Labute approximate surface area is 123 Å². The molecular formula is C14H19NO6. The Balaban J connectivity index is 2.36. The number of benzene rings is 1. The fourth-order valence-electron chi connectivity index (χ4n) is 1.49. The number of non-ortho nitro benzene ring substituents is 1. The van der Waals surface area contributed by atoms with Gasteiger partial charge in [0, 0.05) is 18.7 Å². The van der Waals surface area contributed by atoms with E-state index in [0.717, 1.165) is 6.42 Å². The number of hydrogen-bond donors (Lipinski definition) is 0. The van der Waals surface area contributed by atoms with E-state index in [1.807, 2.05) is 6.92 Å². The first-order chi connectivity index (χ1) is 10.0. The number of rotatable bonds is 9. The molecule has 0 saturated carbocycles. The van der Waals surface area contributed by atoms with Crippen LogP contribution in [0.15, 0.2) is 24.3 Å². The van der Waals surface area contributed by atoms with Crippen LogP contribution in [-0.4, -0.2) is 37.0 Å². The Hall–Kier alpha value is -1.99. The van der Waals surface area contributed by atoms with Crippen LogP contribution in [0.2, 0.25) is 0 Å². The van der Waals surface area contributed by atoms with E-state index < -0.39 is 17.2 Å².